The highest BCUT2D eigenvalue weighted by atomic mass is 16.3. The zero-order chi connectivity index (χ0) is 26.1. The lowest BCUT2D eigenvalue weighted by molar-refractivity contribution is -0.133. The standard InChI is InChI=1S/C29H46N4O3/c1-5-8-15-25(34)23(20-21-16-17-21)28(35)31-26-29(36)32(4)24-14-12-11-13-22(24)27(30-26)33(18-9-6-2)19-10-7-3/h11-14,21,23,25-26,34H,5-10,15-20H2,1-4H3,(H,31,35)/t23-,25+,26?/m1/s1. The Kier molecular flexibility index (Phi) is 10.8. The monoisotopic (exact) mass is 498 g/mol. The van der Waals surface area contributed by atoms with Gasteiger partial charge in [-0.3, -0.25) is 9.59 Å². The van der Waals surface area contributed by atoms with E-state index in [9.17, 15) is 14.7 Å². The zero-order valence-corrected chi connectivity index (χ0v) is 22.7. The summed E-state index contributed by atoms with van der Waals surface area (Å²) in [4.78, 5) is 35.9. The SMILES string of the molecule is CCCC[C@H](O)[C@@H](CC1CC1)C(=O)NC1N=C(N(CCCC)CCCC)c2ccccc2N(C)C1=O. The molecule has 1 aromatic carbocycles. The van der Waals surface area contributed by atoms with Crippen LogP contribution in [0.4, 0.5) is 5.69 Å². The average molecular weight is 499 g/mol. The smallest absolute Gasteiger partial charge is 0.272 e. The van der Waals surface area contributed by atoms with Crippen LogP contribution in [0.5, 0.6) is 0 Å². The number of amidine groups is 1. The molecule has 2 amide bonds. The number of benzodiazepines with no additional fused rings is 1. The fourth-order valence-electron chi connectivity index (χ4n) is 4.88. The van der Waals surface area contributed by atoms with E-state index in [0.717, 1.165) is 81.5 Å². The molecular weight excluding hydrogens is 452 g/mol. The number of carbonyl (C=O) groups excluding carboxylic acids is 2. The molecule has 0 aromatic heterocycles. The van der Waals surface area contributed by atoms with E-state index < -0.39 is 18.2 Å². The summed E-state index contributed by atoms with van der Waals surface area (Å²) in [7, 11) is 1.75. The minimum Gasteiger partial charge on any atom is -0.392 e. The summed E-state index contributed by atoms with van der Waals surface area (Å²) >= 11 is 0. The summed E-state index contributed by atoms with van der Waals surface area (Å²) in [5, 5.41) is 13.8. The van der Waals surface area contributed by atoms with E-state index in [1.54, 1.807) is 11.9 Å². The predicted octanol–water partition coefficient (Wildman–Crippen LogP) is 4.72. The maximum Gasteiger partial charge on any atom is 0.272 e. The lowest BCUT2D eigenvalue weighted by atomic mass is 9.91. The van der Waals surface area contributed by atoms with Crippen molar-refractivity contribution in [3.05, 3.63) is 29.8 Å². The maximum absolute atomic E-state index is 13.6. The third-order valence-corrected chi connectivity index (χ3v) is 7.40. The fourth-order valence-corrected chi connectivity index (χ4v) is 4.88. The van der Waals surface area contributed by atoms with Crippen molar-refractivity contribution in [2.24, 2.45) is 16.8 Å². The summed E-state index contributed by atoms with van der Waals surface area (Å²) in [6.07, 6.45) is 7.80. The molecule has 0 saturated heterocycles. The number of anilines is 1. The Labute approximate surface area is 217 Å². The molecule has 1 heterocycles. The van der Waals surface area contributed by atoms with Crippen LogP contribution in [0.25, 0.3) is 0 Å². The van der Waals surface area contributed by atoms with Gasteiger partial charge in [-0.15, -0.1) is 0 Å². The molecule has 1 unspecified atom stereocenters. The van der Waals surface area contributed by atoms with Crippen LogP contribution in [0.15, 0.2) is 29.3 Å². The molecule has 0 spiro atoms. The Hall–Kier alpha value is -2.41. The average Bonchev–Trinajstić information content (AvgIpc) is 3.72. The molecule has 200 valence electrons. The molecule has 7 nitrogen and oxygen atoms in total. The summed E-state index contributed by atoms with van der Waals surface area (Å²) in [6, 6.07) is 7.85. The molecule has 2 N–H and O–H groups in total. The van der Waals surface area contributed by atoms with Gasteiger partial charge in [-0.2, -0.15) is 0 Å². The first-order valence-corrected chi connectivity index (χ1v) is 14.1. The number of amides is 2. The number of aliphatic hydroxyl groups is 1. The molecule has 1 aliphatic carbocycles. The topological polar surface area (TPSA) is 85.2 Å². The van der Waals surface area contributed by atoms with Crippen molar-refractivity contribution in [1.29, 1.82) is 0 Å². The number of hydrogen-bond donors (Lipinski definition) is 2. The van der Waals surface area contributed by atoms with Gasteiger partial charge in [-0.25, -0.2) is 4.99 Å². The van der Waals surface area contributed by atoms with Gasteiger partial charge in [0.15, 0.2) is 0 Å². The van der Waals surface area contributed by atoms with Gasteiger partial charge in [0.2, 0.25) is 12.1 Å². The summed E-state index contributed by atoms with van der Waals surface area (Å²) in [6.45, 7) is 8.13. The quantitative estimate of drug-likeness (QED) is 0.389. The fraction of sp³-hybridized carbons (Fsp3) is 0.690. The minimum absolute atomic E-state index is 0.259. The largest absolute Gasteiger partial charge is 0.392 e. The van der Waals surface area contributed by atoms with E-state index in [0.29, 0.717) is 18.8 Å². The highest BCUT2D eigenvalue weighted by Crippen LogP contribution is 2.37. The number of rotatable bonds is 14. The Morgan fingerprint density at radius 1 is 1.11 bits per heavy atom. The molecule has 0 radical (unpaired) electrons. The van der Waals surface area contributed by atoms with E-state index in [4.69, 9.17) is 4.99 Å². The van der Waals surface area contributed by atoms with Gasteiger partial charge < -0.3 is 20.2 Å². The van der Waals surface area contributed by atoms with E-state index in [2.05, 4.69) is 31.0 Å². The first-order chi connectivity index (χ1) is 17.4. The Bertz CT molecular complexity index is 890. The van der Waals surface area contributed by atoms with Crippen LogP contribution in [0.3, 0.4) is 0 Å². The molecule has 1 saturated carbocycles. The molecule has 7 heteroatoms. The molecule has 36 heavy (non-hydrogen) atoms. The van der Waals surface area contributed by atoms with Gasteiger partial charge in [-0.1, -0.05) is 71.4 Å². The van der Waals surface area contributed by atoms with E-state index in [-0.39, 0.29) is 11.8 Å². The molecule has 2 aliphatic rings. The van der Waals surface area contributed by atoms with Gasteiger partial charge in [-0.05, 0) is 43.7 Å². The van der Waals surface area contributed by atoms with E-state index in [1.807, 2.05) is 24.3 Å². The van der Waals surface area contributed by atoms with Gasteiger partial charge >= 0.3 is 0 Å². The van der Waals surface area contributed by atoms with Gasteiger partial charge in [0.05, 0.1) is 17.7 Å². The number of carbonyl (C=O) groups is 2. The Balaban J connectivity index is 1.93. The van der Waals surface area contributed by atoms with Crippen LogP contribution < -0.4 is 10.2 Å². The molecule has 3 rings (SSSR count). The Morgan fingerprint density at radius 3 is 2.36 bits per heavy atom. The molecule has 3 atom stereocenters. The number of hydrogen-bond acceptors (Lipinski definition) is 5. The number of para-hydroxylation sites is 1. The molecule has 1 fully saturated rings. The summed E-state index contributed by atoms with van der Waals surface area (Å²) < 4.78 is 0. The van der Waals surface area contributed by atoms with E-state index in [1.165, 1.54) is 0 Å². The second kappa shape index (κ2) is 13.8. The normalized spacial score (nSPS) is 19.2. The highest BCUT2D eigenvalue weighted by molar-refractivity contribution is 6.12. The maximum atomic E-state index is 13.6. The second-order valence-electron chi connectivity index (χ2n) is 10.5. The number of aliphatic imine (C=N–C) groups is 1. The molecule has 0 bridgehead atoms. The number of nitrogens with zero attached hydrogens (tertiary/aromatic N) is 3. The van der Waals surface area contributed by atoms with Crippen LogP contribution >= 0.6 is 0 Å². The number of benzene rings is 1. The van der Waals surface area contributed by atoms with Crippen LogP contribution in [0, 0.1) is 11.8 Å². The Morgan fingerprint density at radius 2 is 1.75 bits per heavy atom. The van der Waals surface area contributed by atoms with Crippen molar-refractivity contribution in [2.75, 3.05) is 25.0 Å². The minimum atomic E-state index is -1.02. The lowest BCUT2D eigenvalue weighted by Gasteiger charge is -2.27. The van der Waals surface area contributed by atoms with Crippen LogP contribution in [0.1, 0.15) is 90.5 Å². The summed E-state index contributed by atoms with van der Waals surface area (Å²) in [5.41, 5.74) is 1.71. The molecular formula is C29H46N4O3. The van der Waals surface area contributed by atoms with Gasteiger partial charge in [0.1, 0.15) is 5.84 Å². The number of likely N-dealkylation sites (N-methyl/N-ethyl adjacent to an activating group) is 1. The van der Waals surface area contributed by atoms with Gasteiger partial charge in [0, 0.05) is 25.7 Å². The van der Waals surface area contributed by atoms with Crippen molar-refractivity contribution in [3.63, 3.8) is 0 Å². The second-order valence-corrected chi connectivity index (χ2v) is 10.5. The summed E-state index contributed by atoms with van der Waals surface area (Å²) in [5.74, 6) is 0.222. The van der Waals surface area contributed by atoms with Crippen molar-refractivity contribution in [2.45, 2.75) is 97.2 Å². The highest BCUT2D eigenvalue weighted by Gasteiger charge is 2.37. The number of unbranched alkanes of at least 4 members (excludes halogenated alkanes) is 3. The van der Waals surface area contributed by atoms with E-state index >= 15 is 0 Å². The lowest BCUT2D eigenvalue weighted by Crippen LogP contribution is -2.50. The number of aliphatic hydroxyl groups excluding tert-OH is 1. The van der Waals surface area contributed by atoms with Crippen molar-refractivity contribution in [1.82, 2.24) is 10.2 Å². The number of fused-ring (bicyclic) bond motifs is 1. The predicted molar refractivity (Wildman–Crippen MR) is 146 cm³/mol. The molecule has 1 aliphatic heterocycles. The first-order valence-electron chi connectivity index (χ1n) is 14.1. The zero-order valence-electron chi connectivity index (χ0n) is 22.7. The number of nitrogens with one attached hydrogen (secondary N) is 1. The van der Waals surface area contributed by atoms with Crippen LogP contribution in [0.2, 0.25) is 0 Å². The van der Waals surface area contributed by atoms with Gasteiger partial charge in [0.25, 0.3) is 5.91 Å². The van der Waals surface area contributed by atoms with Crippen LogP contribution in [-0.4, -0.2) is 60.1 Å². The molecule has 1 aromatic rings. The van der Waals surface area contributed by atoms with Crippen LogP contribution in [-0.2, 0) is 9.59 Å². The van der Waals surface area contributed by atoms with Crippen molar-refractivity contribution in [3.8, 4) is 0 Å². The van der Waals surface area contributed by atoms with Crippen molar-refractivity contribution < 1.29 is 14.7 Å². The third kappa shape index (κ3) is 7.31. The third-order valence-electron chi connectivity index (χ3n) is 7.40. The first kappa shape index (κ1) is 28.2. The van der Waals surface area contributed by atoms with Crippen molar-refractivity contribution >= 4 is 23.3 Å².